The molecule has 6 heteroatoms. The lowest BCUT2D eigenvalue weighted by Gasteiger charge is -2.07. The predicted octanol–water partition coefficient (Wildman–Crippen LogP) is 0.624. The topological polar surface area (TPSA) is 83.2 Å². The molecule has 1 heterocycles. The molecule has 0 saturated carbocycles. The van der Waals surface area contributed by atoms with Gasteiger partial charge in [0.25, 0.3) is 0 Å². The van der Waals surface area contributed by atoms with Gasteiger partial charge in [-0.25, -0.2) is 4.98 Å². The van der Waals surface area contributed by atoms with Crippen LogP contribution in [0.25, 0.3) is 11.0 Å². The maximum atomic E-state index is 5.43. The molecule has 0 spiro atoms. The van der Waals surface area contributed by atoms with E-state index >= 15 is 0 Å². The molecule has 0 fully saturated rings. The van der Waals surface area contributed by atoms with Gasteiger partial charge in [0.05, 0.1) is 19.7 Å². The van der Waals surface area contributed by atoms with Crippen LogP contribution in [-0.4, -0.2) is 29.4 Å². The average molecular weight is 206 g/mol. The highest BCUT2D eigenvalue weighted by Gasteiger charge is 2.08. The van der Waals surface area contributed by atoms with Crippen molar-refractivity contribution in [3.63, 3.8) is 0 Å². The number of anilines is 1. The Hall–Kier alpha value is -2.11. The maximum absolute atomic E-state index is 5.43. The Labute approximate surface area is 86.0 Å². The second-order valence-electron chi connectivity index (χ2n) is 2.87. The number of ether oxygens (including phenoxy) is 2. The van der Waals surface area contributed by atoms with E-state index in [9.17, 15) is 0 Å². The highest BCUT2D eigenvalue weighted by atomic mass is 16.5. The summed E-state index contributed by atoms with van der Waals surface area (Å²) in [4.78, 5) is 4.03. The third-order valence-electron chi connectivity index (χ3n) is 1.98. The van der Waals surface area contributed by atoms with Gasteiger partial charge in [-0.1, -0.05) is 0 Å². The fraction of sp³-hybridized carbons (Fsp3) is 0.222. The number of nitrogen functional groups attached to an aromatic ring is 1. The monoisotopic (exact) mass is 206 g/mol. The third kappa shape index (κ3) is 1.61. The Bertz CT molecular complexity index is 501. The van der Waals surface area contributed by atoms with Gasteiger partial charge in [0.2, 0.25) is 5.95 Å². The van der Waals surface area contributed by atoms with Crippen LogP contribution in [0.3, 0.4) is 0 Å². The normalized spacial score (nSPS) is 10.3. The van der Waals surface area contributed by atoms with Gasteiger partial charge >= 0.3 is 0 Å². The summed E-state index contributed by atoms with van der Waals surface area (Å²) in [6.07, 6.45) is 0. The quantitative estimate of drug-likeness (QED) is 0.775. The van der Waals surface area contributed by atoms with Gasteiger partial charge in [-0.2, -0.15) is 0 Å². The first kappa shape index (κ1) is 9.45. The largest absolute Gasteiger partial charge is 0.493 e. The molecule has 2 aromatic rings. The van der Waals surface area contributed by atoms with Crippen LogP contribution in [0.1, 0.15) is 0 Å². The van der Waals surface area contributed by atoms with E-state index in [1.807, 2.05) is 0 Å². The second-order valence-corrected chi connectivity index (χ2v) is 2.87. The van der Waals surface area contributed by atoms with Crippen molar-refractivity contribution in [2.45, 2.75) is 0 Å². The molecule has 0 aliphatic carbocycles. The molecule has 0 aliphatic rings. The first-order chi connectivity index (χ1) is 7.24. The lowest BCUT2D eigenvalue weighted by Crippen LogP contribution is -1.99. The maximum Gasteiger partial charge on any atom is 0.240 e. The summed E-state index contributed by atoms with van der Waals surface area (Å²) in [6, 6.07) is 3.41. The molecule has 78 valence electrons. The van der Waals surface area contributed by atoms with Crippen LogP contribution in [-0.2, 0) is 0 Å². The predicted molar refractivity (Wildman–Crippen MR) is 54.8 cm³/mol. The standard InChI is InChI=1S/C9H10N4O2/c1-14-7-3-5-6(4-8(7)15-2)12-13-9(10)11-5/h3-4H,1-2H3,(H2,10,11,13). The van der Waals surface area contributed by atoms with Gasteiger partial charge in [-0.3, -0.25) is 0 Å². The minimum Gasteiger partial charge on any atom is -0.493 e. The van der Waals surface area contributed by atoms with Crippen LogP contribution >= 0.6 is 0 Å². The van der Waals surface area contributed by atoms with E-state index in [4.69, 9.17) is 15.2 Å². The molecule has 0 unspecified atom stereocenters. The first-order valence-electron chi connectivity index (χ1n) is 4.26. The zero-order valence-electron chi connectivity index (χ0n) is 8.39. The van der Waals surface area contributed by atoms with Gasteiger partial charge < -0.3 is 15.2 Å². The van der Waals surface area contributed by atoms with Gasteiger partial charge in [-0.15, -0.1) is 10.2 Å². The van der Waals surface area contributed by atoms with E-state index in [-0.39, 0.29) is 5.95 Å². The minimum atomic E-state index is 0.134. The molecular weight excluding hydrogens is 196 g/mol. The molecule has 0 aliphatic heterocycles. The average Bonchev–Trinajstić information content (AvgIpc) is 2.27. The van der Waals surface area contributed by atoms with Crippen molar-refractivity contribution < 1.29 is 9.47 Å². The molecule has 0 radical (unpaired) electrons. The molecule has 15 heavy (non-hydrogen) atoms. The molecule has 2 N–H and O–H groups in total. The number of rotatable bonds is 2. The Balaban J connectivity index is 2.69. The highest BCUT2D eigenvalue weighted by molar-refractivity contribution is 5.79. The Morgan fingerprint density at radius 1 is 1.00 bits per heavy atom. The number of hydrogen-bond acceptors (Lipinski definition) is 6. The van der Waals surface area contributed by atoms with Crippen LogP contribution in [0.15, 0.2) is 12.1 Å². The van der Waals surface area contributed by atoms with Crippen LogP contribution in [0.5, 0.6) is 11.5 Å². The highest BCUT2D eigenvalue weighted by Crippen LogP contribution is 2.30. The van der Waals surface area contributed by atoms with Crippen LogP contribution in [0.4, 0.5) is 5.95 Å². The van der Waals surface area contributed by atoms with Gasteiger partial charge in [0, 0.05) is 12.1 Å². The summed E-state index contributed by atoms with van der Waals surface area (Å²) in [6.45, 7) is 0. The van der Waals surface area contributed by atoms with E-state index in [0.29, 0.717) is 22.5 Å². The summed E-state index contributed by atoms with van der Waals surface area (Å²) < 4.78 is 10.3. The smallest absolute Gasteiger partial charge is 0.240 e. The van der Waals surface area contributed by atoms with Crippen molar-refractivity contribution in [2.24, 2.45) is 0 Å². The van der Waals surface area contributed by atoms with Crippen LogP contribution in [0, 0.1) is 0 Å². The molecule has 6 nitrogen and oxygen atoms in total. The zero-order chi connectivity index (χ0) is 10.8. The number of hydrogen-bond donors (Lipinski definition) is 1. The summed E-state index contributed by atoms with van der Waals surface area (Å²) >= 11 is 0. The number of benzene rings is 1. The number of aromatic nitrogens is 3. The number of fused-ring (bicyclic) bond motifs is 1. The lowest BCUT2D eigenvalue weighted by atomic mass is 10.2. The van der Waals surface area contributed by atoms with Gasteiger partial charge in [-0.05, 0) is 0 Å². The Morgan fingerprint density at radius 3 is 2.20 bits per heavy atom. The van der Waals surface area contributed by atoms with Crippen molar-refractivity contribution in [3.8, 4) is 11.5 Å². The van der Waals surface area contributed by atoms with E-state index in [0.717, 1.165) is 0 Å². The van der Waals surface area contributed by atoms with Gasteiger partial charge in [0.1, 0.15) is 5.52 Å². The number of nitrogens with two attached hydrogens (primary N) is 1. The fourth-order valence-corrected chi connectivity index (χ4v) is 1.28. The third-order valence-corrected chi connectivity index (χ3v) is 1.98. The molecule has 0 atom stereocenters. The summed E-state index contributed by atoms with van der Waals surface area (Å²) in [5.41, 5.74) is 6.67. The molecule has 0 amide bonds. The van der Waals surface area contributed by atoms with Crippen molar-refractivity contribution in [1.82, 2.24) is 15.2 Å². The van der Waals surface area contributed by atoms with Crippen molar-refractivity contribution in [1.29, 1.82) is 0 Å². The molecule has 2 rings (SSSR count). The first-order valence-corrected chi connectivity index (χ1v) is 4.26. The Kier molecular flexibility index (Phi) is 2.24. The molecule has 1 aromatic carbocycles. The van der Waals surface area contributed by atoms with E-state index in [1.165, 1.54) is 0 Å². The number of methoxy groups -OCH3 is 2. The Morgan fingerprint density at radius 2 is 1.60 bits per heavy atom. The zero-order valence-corrected chi connectivity index (χ0v) is 8.39. The summed E-state index contributed by atoms with van der Waals surface area (Å²) in [5, 5.41) is 7.55. The van der Waals surface area contributed by atoms with Crippen LogP contribution in [0.2, 0.25) is 0 Å². The summed E-state index contributed by atoms with van der Waals surface area (Å²) in [7, 11) is 3.11. The number of nitrogens with zero attached hydrogens (tertiary/aromatic N) is 3. The van der Waals surface area contributed by atoms with E-state index in [2.05, 4.69) is 15.2 Å². The van der Waals surface area contributed by atoms with E-state index < -0.39 is 0 Å². The van der Waals surface area contributed by atoms with Crippen molar-refractivity contribution in [2.75, 3.05) is 20.0 Å². The SMILES string of the molecule is COc1cc2nnc(N)nc2cc1OC. The minimum absolute atomic E-state index is 0.134. The molecule has 1 aromatic heterocycles. The fourth-order valence-electron chi connectivity index (χ4n) is 1.28. The van der Waals surface area contributed by atoms with Crippen LogP contribution < -0.4 is 15.2 Å². The van der Waals surface area contributed by atoms with Crippen molar-refractivity contribution in [3.05, 3.63) is 12.1 Å². The van der Waals surface area contributed by atoms with Crippen molar-refractivity contribution >= 4 is 17.0 Å². The molecular formula is C9H10N4O2. The summed E-state index contributed by atoms with van der Waals surface area (Å²) in [5.74, 6) is 1.31. The molecule has 0 saturated heterocycles. The molecule has 0 bridgehead atoms. The van der Waals surface area contributed by atoms with E-state index in [1.54, 1.807) is 26.4 Å². The lowest BCUT2D eigenvalue weighted by molar-refractivity contribution is 0.355. The van der Waals surface area contributed by atoms with Gasteiger partial charge in [0.15, 0.2) is 11.5 Å². The second kappa shape index (κ2) is 3.56.